The fraction of sp³-hybridized carbons (Fsp3) is 0.312. The molecule has 0 radical (unpaired) electrons. The molecule has 10 heteroatoms. The topological polar surface area (TPSA) is 87.8 Å². The number of hydrogen-bond donors (Lipinski definition) is 3. The van der Waals surface area contributed by atoms with Gasteiger partial charge in [0.2, 0.25) is 11.9 Å². The second kappa shape index (κ2) is 7.22. The van der Waals surface area contributed by atoms with E-state index in [9.17, 15) is 4.39 Å². The smallest absolute Gasteiger partial charge is 0.224 e. The number of imidazole rings is 1. The minimum atomic E-state index is -0.573. The third kappa shape index (κ3) is 3.67. The largest absolute Gasteiger partial charge is 0.381 e. The minimum Gasteiger partial charge on any atom is -0.381 e. The van der Waals surface area contributed by atoms with Crippen LogP contribution in [0.4, 0.5) is 22.0 Å². The summed E-state index contributed by atoms with van der Waals surface area (Å²) in [7, 11) is 0. The highest BCUT2D eigenvalue weighted by Gasteiger charge is 2.16. The van der Waals surface area contributed by atoms with Gasteiger partial charge in [-0.1, -0.05) is 23.2 Å². The van der Waals surface area contributed by atoms with Gasteiger partial charge >= 0.3 is 0 Å². The molecule has 0 atom stereocenters. The van der Waals surface area contributed by atoms with Gasteiger partial charge in [0.25, 0.3) is 0 Å². The quantitative estimate of drug-likeness (QED) is 0.614. The molecular weight excluding hydrogens is 382 g/mol. The Hall–Kier alpha value is -2.16. The Balaban J connectivity index is 1.56. The molecule has 0 aliphatic carbocycles. The molecule has 0 spiro atoms. The Morgan fingerprint density at radius 3 is 2.77 bits per heavy atom. The number of halogens is 3. The maximum Gasteiger partial charge on any atom is 0.224 e. The van der Waals surface area contributed by atoms with Crippen molar-refractivity contribution in [1.29, 1.82) is 0 Å². The van der Waals surface area contributed by atoms with Gasteiger partial charge in [-0.25, -0.2) is 14.4 Å². The first-order chi connectivity index (χ1) is 12.6. The van der Waals surface area contributed by atoms with Gasteiger partial charge in [0.05, 0.1) is 16.9 Å². The molecule has 2 aromatic heterocycles. The zero-order chi connectivity index (χ0) is 18.1. The van der Waals surface area contributed by atoms with Crippen LogP contribution in [0.15, 0.2) is 18.3 Å². The number of rotatable bonds is 4. The Morgan fingerprint density at radius 1 is 1.19 bits per heavy atom. The summed E-state index contributed by atoms with van der Waals surface area (Å²) in [6.07, 6.45) is 3.42. The SMILES string of the molecule is Fc1cc(Cl)cc(Cl)c1Nc1nc2cnc(NC3CCOCC3)nc2[nH]1. The van der Waals surface area contributed by atoms with Crippen molar-refractivity contribution in [3.05, 3.63) is 34.2 Å². The lowest BCUT2D eigenvalue weighted by Crippen LogP contribution is -2.28. The highest BCUT2D eigenvalue weighted by atomic mass is 35.5. The summed E-state index contributed by atoms with van der Waals surface area (Å²) in [6.45, 7) is 1.46. The van der Waals surface area contributed by atoms with Gasteiger partial charge in [0, 0.05) is 24.3 Å². The lowest BCUT2D eigenvalue weighted by Gasteiger charge is -2.22. The van der Waals surface area contributed by atoms with Crippen molar-refractivity contribution in [3.8, 4) is 0 Å². The van der Waals surface area contributed by atoms with Crippen LogP contribution in [0, 0.1) is 5.82 Å². The highest BCUT2D eigenvalue weighted by molar-refractivity contribution is 6.36. The van der Waals surface area contributed by atoms with Gasteiger partial charge < -0.3 is 20.4 Å². The standard InChI is InChI=1S/C16H15Cl2FN6O/c17-8-5-10(18)13(11(19)6-8)23-16-22-12-7-20-15(24-14(12)25-16)21-9-1-3-26-4-2-9/h5-7,9H,1-4H2,(H3,20,21,22,23,24,25). The molecule has 0 unspecified atom stereocenters. The maximum atomic E-state index is 14.1. The molecule has 0 saturated carbocycles. The monoisotopic (exact) mass is 396 g/mol. The summed E-state index contributed by atoms with van der Waals surface area (Å²) in [5.74, 6) is 0.242. The van der Waals surface area contributed by atoms with Crippen molar-refractivity contribution in [2.24, 2.45) is 0 Å². The van der Waals surface area contributed by atoms with Crippen LogP contribution < -0.4 is 10.6 Å². The number of nitrogens with zero attached hydrogens (tertiary/aromatic N) is 3. The van der Waals surface area contributed by atoms with E-state index in [2.05, 4.69) is 30.6 Å². The first-order valence-electron chi connectivity index (χ1n) is 8.07. The van der Waals surface area contributed by atoms with Crippen molar-refractivity contribution >= 4 is 51.9 Å². The lowest BCUT2D eigenvalue weighted by molar-refractivity contribution is 0.0903. The van der Waals surface area contributed by atoms with Crippen molar-refractivity contribution in [3.63, 3.8) is 0 Å². The molecule has 3 heterocycles. The first kappa shape index (κ1) is 17.3. The summed E-state index contributed by atoms with van der Waals surface area (Å²) in [5.41, 5.74) is 1.17. The number of H-pyrrole nitrogens is 1. The number of ether oxygens (including phenoxy) is 1. The van der Waals surface area contributed by atoms with E-state index in [1.165, 1.54) is 12.1 Å². The van der Waals surface area contributed by atoms with E-state index in [0.717, 1.165) is 26.1 Å². The molecule has 26 heavy (non-hydrogen) atoms. The minimum absolute atomic E-state index is 0.0867. The van der Waals surface area contributed by atoms with E-state index >= 15 is 0 Å². The van der Waals surface area contributed by atoms with E-state index in [1.807, 2.05) is 0 Å². The van der Waals surface area contributed by atoms with E-state index in [0.29, 0.717) is 23.1 Å². The van der Waals surface area contributed by atoms with Gasteiger partial charge in [0.15, 0.2) is 5.65 Å². The first-order valence-corrected chi connectivity index (χ1v) is 8.83. The molecule has 3 N–H and O–H groups in total. The number of aromatic amines is 1. The summed E-state index contributed by atoms with van der Waals surface area (Å²) in [4.78, 5) is 16.0. The third-order valence-electron chi connectivity index (χ3n) is 4.04. The number of fused-ring (bicyclic) bond motifs is 1. The Labute approximate surface area is 158 Å². The van der Waals surface area contributed by atoms with Crippen LogP contribution in [0.5, 0.6) is 0 Å². The number of nitrogens with one attached hydrogen (secondary N) is 3. The summed E-state index contributed by atoms with van der Waals surface area (Å²) in [6, 6.07) is 2.91. The van der Waals surface area contributed by atoms with Crippen LogP contribution in [0.25, 0.3) is 11.2 Å². The molecule has 136 valence electrons. The Kier molecular flexibility index (Phi) is 4.80. The molecule has 1 aliphatic rings. The van der Waals surface area contributed by atoms with Crippen molar-refractivity contribution in [2.45, 2.75) is 18.9 Å². The van der Waals surface area contributed by atoms with Crippen LogP contribution >= 0.6 is 23.2 Å². The van der Waals surface area contributed by atoms with Crippen LogP contribution in [-0.4, -0.2) is 39.2 Å². The number of anilines is 3. The van der Waals surface area contributed by atoms with E-state index in [1.54, 1.807) is 6.20 Å². The van der Waals surface area contributed by atoms with E-state index < -0.39 is 5.82 Å². The number of aromatic nitrogens is 4. The highest BCUT2D eigenvalue weighted by Crippen LogP contribution is 2.31. The summed E-state index contributed by atoms with van der Waals surface area (Å²) >= 11 is 11.8. The molecule has 3 aromatic rings. The molecule has 1 aromatic carbocycles. The maximum absolute atomic E-state index is 14.1. The third-order valence-corrected chi connectivity index (χ3v) is 4.56. The lowest BCUT2D eigenvalue weighted by atomic mass is 10.1. The number of benzene rings is 1. The second-order valence-electron chi connectivity index (χ2n) is 5.91. The Morgan fingerprint density at radius 2 is 2.00 bits per heavy atom. The van der Waals surface area contributed by atoms with Gasteiger partial charge in [-0.2, -0.15) is 4.98 Å². The molecule has 7 nitrogen and oxygen atoms in total. The van der Waals surface area contributed by atoms with Gasteiger partial charge in [0.1, 0.15) is 11.3 Å². The van der Waals surface area contributed by atoms with E-state index in [4.69, 9.17) is 27.9 Å². The molecule has 0 bridgehead atoms. The average Bonchev–Trinajstić information content (AvgIpc) is 3.01. The van der Waals surface area contributed by atoms with Crippen molar-refractivity contribution in [1.82, 2.24) is 19.9 Å². The van der Waals surface area contributed by atoms with Gasteiger partial charge in [-0.3, -0.25) is 0 Å². The predicted molar refractivity (Wildman–Crippen MR) is 98.9 cm³/mol. The zero-order valence-corrected chi connectivity index (χ0v) is 15.0. The molecule has 1 fully saturated rings. The predicted octanol–water partition coefficient (Wildman–Crippen LogP) is 4.13. The Bertz CT molecular complexity index is 921. The van der Waals surface area contributed by atoms with Crippen molar-refractivity contribution in [2.75, 3.05) is 23.8 Å². The van der Waals surface area contributed by atoms with Crippen LogP contribution in [0.3, 0.4) is 0 Å². The van der Waals surface area contributed by atoms with Crippen LogP contribution in [-0.2, 0) is 4.74 Å². The normalized spacial score (nSPS) is 15.3. The molecule has 1 saturated heterocycles. The molecule has 0 amide bonds. The summed E-state index contributed by atoms with van der Waals surface area (Å²) in [5, 5.41) is 6.49. The fourth-order valence-electron chi connectivity index (χ4n) is 2.74. The fourth-order valence-corrected chi connectivity index (χ4v) is 3.26. The zero-order valence-electron chi connectivity index (χ0n) is 13.5. The van der Waals surface area contributed by atoms with Crippen molar-refractivity contribution < 1.29 is 9.13 Å². The van der Waals surface area contributed by atoms with E-state index in [-0.39, 0.29) is 21.8 Å². The van der Waals surface area contributed by atoms with Gasteiger partial charge in [-0.05, 0) is 25.0 Å². The van der Waals surface area contributed by atoms with Gasteiger partial charge in [-0.15, -0.1) is 0 Å². The molecule has 1 aliphatic heterocycles. The van der Waals surface area contributed by atoms with Crippen LogP contribution in [0.1, 0.15) is 12.8 Å². The van der Waals surface area contributed by atoms with Crippen LogP contribution in [0.2, 0.25) is 10.0 Å². The average molecular weight is 397 g/mol. The second-order valence-corrected chi connectivity index (χ2v) is 6.76. The number of hydrogen-bond acceptors (Lipinski definition) is 6. The molecule has 4 rings (SSSR count). The molecular formula is C16H15Cl2FN6O. The summed E-state index contributed by atoms with van der Waals surface area (Å²) < 4.78 is 19.4.